The SMILES string of the molecule is C=C(B1OC(C)(C)C(C)(C)O1)c1ccccc1C. The molecule has 1 saturated heterocycles. The van der Waals surface area contributed by atoms with E-state index in [1.54, 1.807) is 0 Å². The van der Waals surface area contributed by atoms with Gasteiger partial charge >= 0.3 is 7.12 Å². The van der Waals surface area contributed by atoms with Gasteiger partial charge in [0, 0.05) is 0 Å². The predicted molar refractivity (Wildman–Crippen MR) is 76.3 cm³/mol. The van der Waals surface area contributed by atoms with E-state index in [-0.39, 0.29) is 18.3 Å². The third-order valence-electron chi connectivity index (χ3n) is 4.03. The summed E-state index contributed by atoms with van der Waals surface area (Å²) in [6, 6.07) is 8.17. The van der Waals surface area contributed by atoms with Crippen LogP contribution in [0.1, 0.15) is 38.8 Å². The molecule has 1 heterocycles. The molecule has 1 aromatic rings. The Hall–Kier alpha value is -1.06. The molecule has 96 valence electrons. The summed E-state index contributed by atoms with van der Waals surface area (Å²) in [4.78, 5) is 0. The van der Waals surface area contributed by atoms with Crippen molar-refractivity contribution >= 4 is 12.6 Å². The second-order valence-electron chi connectivity index (χ2n) is 5.93. The van der Waals surface area contributed by atoms with Crippen LogP contribution in [0.5, 0.6) is 0 Å². The molecule has 0 bridgehead atoms. The maximum Gasteiger partial charge on any atom is 0.494 e. The Labute approximate surface area is 110 Å². The fraction of sp³-hybridized carbons (Fsp3) is 0.467. The van der Waals surface area contributed by atoms with Gasteiger partial charge in [0.15, 0.2) is 0 Å². The van der Waals surface area contributed by atoms with Gasteiger partial charge < -0.3 is 9.31 Å². The van der Waals surface area contributed by atoms with Gasteiger partial charge in [-0.1, -0.05) is 30.8 Å². The molecule has 1 fully saturated rings. The van der Waals surface area contributed by atoms with Crippen molar-refractivity contribution in [1.82, 2.24) is 0 Å². The van der Waals surface area contributed by atoms with E-state index < -0.39 is 0 Å². The largest absolute Gasteiger partial charge is 0.494 e. The lowest BCUT2D eigenvalue weighted by Gasteiger charge is -2.32. The lowest BCUT2D eigenvalue weighted by atomic mass is 9.74. The standard InChI is InChI=1S/C15H21BO2/c1-11-9-7-8-10-13(11)12(2)16-17-14(3,4)15(5,6)18-16/h7-10H,2H2,1,3-6H3. The Kier molecular flexibility index (Phi) is 3.16. The molecule has 1 aliphatic rings. The van der Waals surface area contributed by atoms with Crippen LogP contribution in [0, 0.1) is 6.92 Å². The average Bonchev–Trinajstić information content (AvgIpc) is 2.48. The molecule has 2 rings (SSSR count). The van der Waals surface area contributed by atoms with E-state index in [9.17, 15) is 0 Å². The highest BCUT2D eigenvalue weighted by Gasteiger charge is 2.52. The van der Waals surface area contributed by atoms with Crippen molar-refractivity contribution in [2.75, 3.05) is 0 Å². The Balaban J connectivity index is 2.26. The minimum atomic E-state index is -0.365. The van der Waals surface area contributed by atoms with Gasteiger partial charge in [0.1, 0.15) is 0 Å². The van der Waals surface area contributed by atoms with Gasteiger partial charge in [0.2, 0.25) is 0 Å². The molecule has 1 aromatic carbocycles. The summed E-state index contributed by atoms with van der Waals surface area (Å²) >= 11 is 0. The van der Waals surface area contributed by atoms with Crippen LogP contribution in [0.2, 0.25) is 0 Å². The normalized spacial score (nSPS) is 21.1. The van der Waals surface area contributed by atoms with Gasteiger partial charge in [-0.3, -0.25) is 0 Å². The Morgan fingerprint density at radius 2 is 1.56 bits per heavy atom. The lowest BCUT2D eigenvalue weighted by Crippen LogP contribution is -2.41. The summed E-state index contributed by atoms with van der Waals surface area (Å²) < 4.78 is 12.0. The van der Waals surface area contributed by atoms with E-state index in [4.69, 9.17) is 9.31 Å². The Morgan fingerprint density at radius 3 is 2.06 bits per heavy atom. The Bertz CT molecular complexity index is 461. The van der Waals surface area contributed by atoms with Crippen molar-refractivity contribution in [3.63, 3.8) is 0 Å². The molecular formula is C15H21BO2. The molecule has 0 saturated carbocycles. The zero-order valence-corrected chi connectivity index (χ0v) is 11.9. The smallest absolute Gasteiger partial charge is 0.399 e. The van der Waals surface area contributed by atoms with Crippen molar-refractivity contribution in [1.29, 1.82) is 0 Å². The van der Waals surface area contributed by atoms with Crippen LogP contribution in [-0.2, 0) is 9.31 Å². The summed E-state index contributed by atoms with van der Waals surface area (Å²) in [6.07, 6.45) is 0. The average molecular weight is 244 g/mol. The van der Waals surface area contributed by atoms with Crippen LogP contribution >= 0.6 is 0 Å². The van der Waals surface area contributed by atoms with Crippen LogP contribution in [0.25, 0.3) is 5.47 Å². The van der Waals surface area contributed by atoms with Gasteiger partial charge in [-0.15, -0.1) is 0 Å². The van der Waals surface area contributed by atoms with E-state index >= 15 is 0 Å². The van der Waals surface area contributed by atoms with Gasteiger partial charge in [-0.25, -0.2) is 0 Å². The molecule has 0 unspecified atom stereocenters. The summed E-state index contributed by atoms with van der Waals surface area (Å²) in [7, 11) is -0.365. The summed E-state index contributed by atoms with van der Waals surface area (Å²) in [5.41, 5.74) is 2.56. The van der Waals surface area contributed by atoms with Crippen LogP contribution in [0.4, 0.5) is 0 Å². The molecule has 0 atom stereocenters. The molecule has 0 amide bonds. The first kappa shape index (κ1) is 13.4. The first-order valence-electron chi connectivity index (χ1n) is 6.35. The first-order valence-corrected chi connectivity index (χ1v) is 6.35. The fourth-order valence-corrected chi connectivity index (χ4v) is 2.05. The van der Waals surface area contributed by atoms with Crippen molar-refractivity contribution in [2.45, 2.75) is 45.8 Å². The molecule has 3 heteroatoms. The van der Waals surface area contributed by atoms with E-state index in [1.165, 1.54) is 5.56 Å². The summed E-state index contributed by atoms with van der Waals surface area (Å²) in [5.74, 6) is 0. The number of hydrogen-bond acceptors (Lipinski definition) is 2. The molecule has 2 nitrogen and oxygen atoms in total. The van der Waals surface area contributed by atoms with Gasteiger partial charge in [-0.2, -0.15) is 0 Å². The molecule has 0 radical (unpaired) electrons. The predicted octanol–water partition coefficient (Wildman–Crippen LogP) is 3.64. The molecule has 0 aromatic heterocycles. The molecule has 0 aliphatic carbocycles. The molecular weight excluding hydrogens is 223 g/mol. The highest BCUT2D eigenvalue weighted by atomic mass is 16.7. The second kappa shape index (κ2) is 4.25. The monoisotopic (exact) mass is 244 g/mol. The maximum atomic E-state index is 6.01. The van der Waals surface area contributed by atoms with Crippen LogP contribution in [-0.4, -0.2) is 18.3 Å². The quantitative estimate of drug-likeness (QED) is 0.739. The minimum absolute atomic E-state index is 0.316. The highest BCUT2D eigenvalue weighted by molar-refractivity contribution is 6.68. The van der Waals surface area contributed by atoms with Crippen LogP contribution in [0.15, 0.2) is 30.8 Å². The van der Waals surface area contributed by atoms with Crippen molar-refractivity contribution < 1.29 is 9.31 Å². The number of hydrogen-bond donors (Lipinski definition) is 0. The zero-order valence-electron chi connectivity index (χ0n) is 11.9. The van der Waals surface area contributed by atoms with Crippen molar-refractivity contribution in [3.8, 4) is 0 Å². The number of rotatable bonds is 2. The third kappa shape index (κ3) is 2.13. The number of benzene rings is 1. The lowest BCUT2D eigenvalue weighted by molar-refractivity contribution is 0.00578. The topological polar surface area (TPSA) is 18.5 Å². The first-order chi connectivity index (χ1) is 8.24. The minimum Gasteiger partial charge on any atom is -0.399 e. The molecule has 18 heavy (non-hydrogen) atoms. The third-order valence-corrected chi connectivity index (χ3v) is 4.03. The summed E-state index contributed by atoms with van der Waals surface area (Å²) in [6.45, 7) is 14.4. The van der Waals surface area contributed by atoms with Crippen molar-refractivity contribution in [3.05, 3.63) is 42.0 Å². The Morgan fingerprint density at radius 1 is 1.06 bits per heavy atom. The fourth-order valence-electron chi connectivity index (χ4n) is 2.05. The van der Waals surface area contributed by atoms with Crippen LogP contribution in [0.3, 0.4) is 0 Å². The second-order valence-corrected chi connectivity index (χ2v) is 5.93. The van der Waals surface area contributed by atoms with E-state index in [0.29, 0.717) is 0 Å². The van der Waals surface area contributed by atoms with Gasteiger partial charge in [0.05, 0.1) is 11.2 Å². The maximum absolute atomic E-state index is 6.01. The number of aryl methyl sites for hydroxylation is 1. The highest BCUT2D eigenvalue weighted by Crippen LogP contribution is 2.40. The molecule has 0 spiro atoms. The summed E-state index contributed by atoms with van der Waals surface area (Å²) in [5, 5.41) is 0. The van der Waals surface area contributed by atoms with Crippen LogP contribution < -0.4 is 0 Å². The van der Waals surface area contributed by atoms with Crippen molar-refractivity contribution in [2.24, 2.45) is 0 Å². The molecule has 0 N–H and O–H groups in total. The van der Waals surface area contributed by atoms with Gasteiger partial charge in [-0.05, 0) is 51.2 Å². The van der Waals surface area contributed by atoms with E-state index in [0.717, 1.165) is 11.0 Å². The van der Waals surface area contributed by atoms with E-state index in [1.807, 2.05) is 12.1 Å². The van der Waals surface area contributed by atoms with E-state index in [2.05, 4.69) is 53.3 Å². The molecule has 1 aliphatic heterocycles. The van der Waals surface area contributed by atoms with Gasteiger partial charge in [0.25, 0.3) is 0 Å². The zero-order chi connectivity index (χ0) is 13.6.